The largest absolute Gasteiger partial charge is 0.378 e. The van der Waals surface area contributed by atoms with Crippen LogP contribution >= 0.6 is 0 Å². The lowest BCUT2D eigenvalue weighted by Gasteiger charge is -2.39. The van der Waals surface area contributed by atoms with E-state index >= 15 is 0 Å². The molecule has 1 amide bonds. The van der Waals surface area contributed by atoms with Gasteiger partial charge in [-0.15, -0.1) is 0 Å². The standard InChI is InChI=1S/C21H37NO2/c1-2-3-4-17-5-7-18(8-6-17)19-9-11-20(12-10-19)21(23)22-13-15-24-16-14-22/h17-20H,2-16H2,1H3. The second kappa shape index (κ2) is 9.22. The Morgan fingerprint density at radius 3 is 2.08 bits per heavy atom. The highest BCUT2D eigenvalue weighted by Crippen LogP contribution is 2.42. The normalized spacial score (nSPS) is 35.0. The second-order valence-corrected chi connectivity index (χ2v) is 8.47. The predicted octanol–water partition coefficient (Wildman–Crippen LogP) is 4.65. The van der Waals surface area contributed by atoms with Gasteiger partial charge in [-0.2, -0.15) is 0 Å². The Hall–Kier alpha value is -0.570. The van der Waals surface area contributed by atoms with Gasteiger partial charge in [0.05, 0.1) is 13.2 Å². The molecule has 0 bridgehead atoms. The molecular weight excluding hydrogens is 298 g/mol. The molecular formula is C21H37NO2. The first kappa shape index (κ1) is 18.2. The van der Waals surface area contributed by atoms with E-state index in [1.165, 1.54) is 57.8 Å². The molecule has 0 spiro atoms. The summed E-state index contributed by atoms with van der Waals surface area (Å²) in [5.74, 6) is 3.61. The van der Waals surface area contributed by atoms with Crippen LogP contribution in [0.25, 0.3) is 0 Å². The van der Waals surface area contributed by atoms with Crippen LogP contribution in [0.2, 0.25) is 0 Å². The zero-order chi connectivity index (χ0) is 16.8. The topological polar surface area (TPSA) is 29.5 Å². The van der Waals surface area contributed by atoms with Crippen molar-refractivity contribution in [2.75, 3.05) is 26.3 Å². The van der Waals surface area contributed by atoms with Gasteiger partial charge in [-0.1, -0.05) is 39.0 Å². The summed E-state index contributed by atoms with van der Waals surface area (Å²) in [4.78, 5) is 14.7. The van der Waals surface area contributed by atoms with Crippen LogP contribution in [0, 0.1) is 23.7 Å². The third-order valence-electron chi connectivity index (χ3n) is 6.97. The number of ether oxygens (including phenoxy) is 1. The Kier molecular flexibility index (Phi) is 7.00. The lowest BCUT2D eigenvalue weighted by molar-refractivity contribution is -0.141. The van der Waals surface area contributed by atoms with Crippen molar-refractivity contribution in [3.8, 4) is 0 Å². The number of rotatable bonds is 5. The third kappa shape index (κ3) is 4.74. The van der Waals surface area contributed by atoms with Crippen LogP contribution in [0.4, 0.5) is 0 Å². The maximum absolute atomic E-state index is 12.6. The molecule has 0 N–H and O–H groups in total. The summed E-state index contributed by atoms with van der Waals surface area (Å²) in [6, 6.07) is 0. The van der Waals surface area contributed by atoms with Crippen LogP contribution in [0.3, 0.4) is 0 Å². The van der Waals surface area contributed by atoms with Crippen LogP contribution < -0.4 is 0 Å². The lowest BCUT2D eigenvalue weighted by atomic mass is 9.68. The van der Waals surface area contributed by atoms with Crippen LogP contribution in [0.1, 0.15) is 77.6 Å². The van der Waals surface area contributed by atoms with E-state index in [2.05, 4.69) is 6.92 Å². The minimum atomic E-state index is 0.306. The average Bonchev–Trinajstić information content (AvgIpc) is 2.67. The minimum absolute atomic E-state index is 0.306. The van der Waals surface area contributed by atoms with Gasteiger partial charge in [0.15, 0.2) is 0 Å². The van der Waals surface area contributed by atoms with E-state index in [0.717, 1.165) is 56.9 Å². The van der Waals surface area contributed by atoms with E-state index < -0.39 is 0 Å². The SMILES string of the molecule is CCCCC1CCC(C2CCC(C(=O)N3CCOCC3)CC2)CC1. The monoisotopic (exact) mass is 335 g/mol. The maximum atomic E-state index is 12.6. The molecule has 0 aromatic rings. The Morgan fingerprint density at radius 1 is 0.917 bits per heavy atom. The van der Waals surface area contributed by atoms with Gasteiger partial charge in [-0.3, -0.25) is 4.79 Å². The zero-order valence-electron chi connectivity index (χ0n) is 15.7. The first-order chi connectivity index (χ1) is 11.8. The number of hydrogen-bond acceptors (Lipinski definition) is 2. The smallest absolute Gasteiger partial charge is 0.225 e. The van der Waals surface area contributed by atoms with E-state index in [1.807, 2.05) is 4.90 Å². The molecule has 3 rings (SSSR count). The number of carbonyl (C=O) groups excluding carboxylic acids is 1. The molecule has 0 radical (unpaired) electrons. The highest BCUT2D eigenvalue weighted by molar-refractivity contribution is 5.79. The number of hydrogen-bond donors (Lipinski definition) is 0. The highest BCUT2D eigenvalue weighted by atomic mass is 16.5. The van der Waals surface area contributed by atoms with Gasteiger partial charge >= 0.3 is 0 Å². The number of morpholine rings is 1. The molecule has 0 atom stereocenters. The molecule has 0 unspecified atom stereocenters. The Morgan fingerprint density at radius 2 is 1.50 bits per heavy atom. The third-order valence-corrected chi connectivity index (χ3v) is 6.97. The molecule has 3 heteroatoms. The van der Waals surface area contributed by atoms with Gasteiger partial charge in [-0.05, 0) is 56.3 Å². The van der Waals surface area contributed by atoms with Crippen LogP contribution in [0.15, 0.2) is 0 Å². The molecule has 1 saturated heterocycles. The predicted molar refractivity (Wildman–Crippen MR) is 97.8 cm³/mol. The fraction of sp³-hybridized carbons (Fsp3) is 0.952. The van der Waals surface area contributed by atoms with E-state index in [4.69, 9.17) is 4.74 Å². The molecule has 0 aromatic heterocycles. The van der Waals surface area contributed by atoms with Crippen molar-refractivity contribution in [3.63, 3.8) is 0 Å². The zero-order valence-corrected chi connectivity index (χ0v) is 15.7. The van der Waals surface area contributed by atoms with Crippen molar-refractivity contribution < 1.29 is 9.53 Å². The number of unbranched alkanes of at least 4 members (excludes halogenated alkanes) is 1. The molecule has 3 aliphatic rings. The van der Waals surface area contributed by atoms with E-state index in [9.17, 15) is 4.79 Å². The molecule has 1 heterocycles. The summed E-state index contributed by atoms with van der Waals surface area (Å²) in [5.41, 5.74) is 0. The van der Waals surface area contributed by atoms with Gasteiger partial charge in [0, 0.05) is 19.0 Å². The van der Waals surface area contributed by atoms with Gasteiger partial charge < -0.3 is 9.64 Å². The summed E-state index contributed by atoms with van der Waals surface area (Å²) in [6.07, 6.45) is 15.0. The van der Waals surface area contributed by atoms with Gasteiger partial charge in [0.1, 0.15) is 0 Å². The summed E-state index contributed by atoms with van der Waals surface area (Å²) < 4.78 is 5.37. The summed E-state index contributed by atoms with van der Waals surface area (Å²) in [7, 11) is 0. The van der Waals surface area contributed by atoms with Gasteiger partial charge in [-0.25, -0.2) is 0 Å². The van der Waals surface area contributed by atoms with E-state index in [-0.39, 0.29) is 0 Å². The Labute approximate surface area is 148 Å². The van der Waals surface area contributed by atoms with Crippen molar-refractivity contribution in [2.24, 2.45) is 23.7 Å². The quantitative estimate of drug-likeness (QED) is 0.732. The van der Waals surface area contributed by atoms with Crippen LogP contribution in [-0.4, -0.2) is 37.1 Å². The molecule has 24 heavy (non-hydrogen) atoms. The van der Waals surface area contributed by atoms with Crippen LogP contribution in [-0.2, 0) is 9.53 Å². The minimum Gasteiger partial charge on any atom is -0.378 e. The molecule has 3 nitrogen and oxygen atoms in total. The summed E-state index contributed by atoms with van der Waals surface area (Å²) in [6.45, 7) is 5.37. The number of nitrogens with zero attached hydrogens (tertiary/aromatic N) is 1. The molecule has 3 fully saturated rings. The molecule has 1 aliphatic heterocycles. The lowest BCUT2D eigenvalue weighted by Crippen LogP contribution is -2.44. The fourth-order valence-electron chi connectivity index (χ4n) is 5.32. The number of amides is 1. The van der Waals surface area contributed by atoms with Crippen molar-refractivity contribution in [1.29, 1.82) is 0 Å². The Balaban J connectivity index is 1.38. The summed E-state index contributed by atoms with van der Waals surface area (Å²) >= 11 is 0. The molecule has 2 aliphatic carbocycles. The first-order valence-electron chi connectivity index (χ1n) is 10.6. The Bertz CT molecular complexity index is 375. The molecule has 138 valence electrons. The van der Waals surface area contributed by atoms with Crippen molar-refractivity contribution in [3.05, 3.63) is 0 Å². The highest BCUT2D eigenvalue weighted by Gasteiger charge is 2.34. The van der Waals surface area contributed by atoms with Gasteiger partial charge in [0.2, 0.25) is 5.91 Å². The number of carbonyl (C=O) groups is 1. The van der Waals surface area contributed by atoms with Crippen molar-refractivity contribution >= 4 is 5.91 Å². The average molecular weight is 336 g/mol. The van der Waals surface area contributed by atoms with E-state index in [0.29, 0.717) is 11.8 Å². The fourth-order valence-corrected chi connectivity index (χ4v) is 5.32. The van der Waals surface area contributed by atoms with Gasteiger partial charge in [0.25, 0.3) is 0 Å². The molecule has 0 aromatic carbocycles. The maximum Gasteiger partial charge on any atom is 0.225 e. The second-order valence-electron chi connectivity index (χ2n) is 8.47. The summed E-state index contributed by atoms with van der Waals surface area (Å²) in [5, 5.41) is 0. The molecule has 2 saturated carbocycles. The van der Waals surface area contributed by atoms with Crippen LogP contribution in [0.5, 0.6) is 0 Å². The first-order valence-corrected chi connectivity index (χ1v) is 10.6. The van der Waals surface area contributed by atoms with Crippen molar-refractivity contribution in [2.45, 2.75) is 77.6 Å². The van der Waals surface area contributed by atoms with Crippen molar-refractivity contribution in [1.82, 2.24) is 4.90 Å². The van der Waals surface area contributed by atoms with E-state index in [1.54, 1.807) is 0 Å².